The van der Waals surface area contributed by atoms with E-state index in [1.54, 1.807) is 12.4 Å². The van der Waals surface area contributed by atoms with Gasteiger partial charge in [-0.2, -0.15) is 5.21 Å². The smallest absolute Gasteiger partial charge is 0.217 e. The molecule has 4 aromatic rings. The molecular formula is C28H33IN8O. The molecule has 1 unspecified atom stereocenters. The van der Waals surface area contributed by atoms with Crippen LogP contribution in [-0.4, -0.2) is 46.2 Å². The summed E-state index contributed by atoms with van der Waals surface area (Å²) in [4.78, 5) is 22.2. The number of aromatic amines is 1. The zero-order valence-electron chi connectivity index (χ0n) is 21.7. The zero-order valence-corrected chi connectivity index (χ0v) is 23.8. The van der Waals surface area contributed by atoms with Crippen LogP contribution in [0.5, 0.6) is 0 Å². The molecule has 0 radical (unpaired) electrons. The first kappa shape index (κ1) is 26.6. The van der Waals surface area contributed by atoms with Crippen molar-refractivity contribution in [2.24, 2.45) is 5.92 Å². The zero-order chi connectivity index (χ0) is 26.3. The second-order valence-corrected chi connectivity index (χ2v) is 11.5. The fourth-order valence-corrected chi connectivity index (χ4v) is 6.03. The molecule has 3 heterocycles. The van der Waals surface area contributed by atoms with E-state index in [1.807, 2.05) is 10.7 Å². The number of halogens is 1. The average Bonchev–Trinajstić information content (AvgIpc) is 3.64. The summed E-state index contributed by atoms with van der Waals surface area (Å²) in [6.07, 6.45) is 14.0. The number of ketones is 1. The molecule has 3 aromatic heterocycles. The van der Waals surface area contributed by atoms with Gasteiger partial charge in [0, 0.05) is 30.8 Å². The number of H-pyrrole nitrogens is 1. The van der Waals surface area contributed by atoms with Crippen LogP contribution < -0.4 is 0 Å². The first-order valence-electron chi connectivity index (χ1n) is 13.5. The van der Waals surface area contributed by atoms with Gasteiger partial charge in [0.15, 0.2) is 0 Å². The number of rotatable bonds is 11. The fraction of sp³-hybridized carbons (Fsp3) is 0.464. The number of carbonyl (C=O) groups is 1. The molecule has 1 aromatic carbocycles. The highest BCUT2D eigenvalue weighted by Gasteiger charge is 2.24. The van der Waals surface area contributed by atoms with Crippen LogP contribution in [0.1, 0.15) is 90.8 Å². The van der Waals surface area contributed by atoms with Gasteiger partial charge in [0.05, 0.1) is 0 Å². The topological polar surface area (TPSA) is 115 Å². The number of nitrogens with one attached hydrogen (secondary N) is 1. The van der Waals surface area contributed by atoms with Crippen molar-refractivity contribution in [1.82, 2.24) is 40.4 Å². The summed E-state index contributed by atoms with van der Waals surface area (Å²) < 4.78 is 2.15. The van der Waals surface area contributed by atoms with Crippen LogP contribution in [0.25, 0.3) is 22.5 Å². The minimum Gasteiger partial charge on any atom is -0.291 e. The molecule has 38 heavy (non-hydrogen) atoms. The highest BCUT2D eigenvalue weighted by Crippen LogP contribution is 2.31. The summed E-state index contributed by atoms with van der Waals surface area (Å²) in [6.45, 7) is 2.19. The second-order valence-electron chi connectivity index (χ2n) is 10.0. The van der Waals surface area contributed by atoms with E-state index in [-0.39, 0.29) is 9.83 Å². The summed E-state index contributed by atoms with van der Waals surface area (Å²) in [5.41, 5.74) is 3.95. The number of aromatic nitrogens is 8. The number of Topliss-reactive ketones (excluding diaryl/α,β-unsaturated/α-hetero) is 1. The van der Waals surface area contributed by atoms with E-state index in [9.17, 15) is 4.79 Å². The third-order valence-corrected chi connectivity index (χ3v) is 8.40. The molecule has 1 fully saturated rings. The molecule has 1 N–H and O–H groups in total. The molecule has 1 atom stereocenters. The Bertz CT molecular complexity index is 1330. The Morgan fingerprint density at radius 2 is 1.95 bits per heavy atom. The molecule has 1 saturated carbocycles. The van der Waals surface area contributed by atoms with Crippen molar-refractivity contribution >= 4 is 28.4 Å². The lowest BCUT2D eigenvalue weighted by molar-refractivity contribution is 0.0939. The SMILES string of the molecule is CCCCC(I)n1nc(C(=O)CC2CCCCC2)nc1Cc1ccc(-c2ccncc2-c2nn[nH]n2)cc1. The molecule has 0 amide bonds. The van der Waals surface area contributed by atoms with Gasteiger partial charge in [-0.05, 0) is 40.3 Å². The number of hydrogen-bond donors (Lipinski definition) is 1. The van der Waals surface area contributed by atoms with Crippen molar-refractivity contribution in [3.05, 3.63) is 59.9 Å². The van der Waals surface area contributed by atoms with Gasteiger partial charge in [0.25, 0.3) is 0 Å². The third kappa shape index (κ3) is 6.33. The Kier molecular flexibility index (Phi) is 8.87. The van der Waals surface area contributed by atoms with E-state index in [0.29, 0.717) is 30.4 Å². The van der Waals surface area contributed by atoms with E-state index in [0.717, 1.165) is 60.2 Å². The summed E-state index contributed by atoms with van der Waals surface area (Å²) in [6, 6.07) is 10.3. The Labute approximate surface area is 236 Å². The number of alkyl halides is 1. The van der Waals surface area contributed by atoms with Crippen molar-refractivity contribution in [3.8, 4) is 22.5 Å². The van der Waals surface area contributed by atoms with Gasteiger partial charge < -0.3 is 0 Å². The average molecular weight is 625 g/mol. The monoisotopic (exact) mass is 624 g/mol. The first-order valence-corrected chi connectivity index (χ1v) is 14.8. The number of hydrogen-bond acceptors (Lipinski definition) is 7. The highest BCUT2D eigenvalue weighted by atomic mass is 127. The van der Waals surface area contributed by atoms with E-state index in [2.05, 4.69) is 79.4 Å². The third-order valence-electron chi connectivity index (χ3n) is 7.25. The number of benzene rings is 1. The number of unbranched alkanes of at least 4 members (excludes halogenated alkanes) is 1. The summed E-state index contributed by atoms with van der Waals surface area (Å²) in [5, 5.41) is 19.2. The first-order chi connectivity index (χ1) is 18.6. The Morgan fingerprint density at radius 3 is 2.68 bits per heavy atom. The van der Waals surface area contributed by atoms with Gasteiger partial charge in [-0.25, -0.2) is 9.67 Å². The van der Waals surface area contributed by atoms with Gasteiger partial charge in [-0.15, -0.1) is 15.3 Å². The Morgan fingerprint density at radius 1 is 1.13 bits per heavy atom. The Hall–Kier alpha value is -3.02. The van der Waals surface area contributed by atoms with Gasteiger partial charge >= 0.3 is 0 Å². The molecule has 0 saturated heterocycles. The van der Waals surface area contributed by atoms with Crippen molar-refractivity contribution in [2.45, 2.75) is 75.2 Å². The molecule has 9 nitrogen and oxygen atoms in total. The lowest BCUT2D eigenvalue weighted by atomic mass is 9.86. The molecule has 5 rings (SSSR count). The largest absolute Gasteiger partial charge is 0.291 e. The molecule has 1 aliphatic rings. The molecular weight excluding hydrogens is 591 g/mol. The number of nitrogens with zero attached hydrogens (tertiary/aromatic N) is 7. The molecule has 0 spiro atoms. The highest BCUT2D eigenvalue weighted by molar-refractivity contribution is 14.1. The summed E-state index contributed by atoms with van der Waals surface area (Å²) in [5.74, 6) is 2.28. The number of tetrazole rings is 1. The van der Waals surface area contributed by atoms with Crippen molar-refractivity contribution in [2.75, 3.05) is 0 Å². The summed E-state index contributed by atoms with van der Waals surface area (Å²) in [7, 11) is 0. The standard InChI is InChI=1S/C28H33IN8O/c1-2-3-9-25(29)37-26(31-28(34-37)24(38)16-19-7-5-4-6-8-19)17-20-10-12-21(13-11-20)22-14-15-30-18-23(22)27-32-35-36-33-27/h10-15,18-19,25H,2-9,16-17H2,1H3,(H,32,33,35,36). The lowest BCUT2D eigenvalue weighted by Crippen LogP contribution is -2.14. The summed E-state index contributed by atoms with van der Waals surface area (Å²) >= 11 is 2.44. The lowest BCUT2D eigenvalue weighted by Gasteiger charge is -2.19. The minimum atomic E-state index is 0.0815. The van der Waals surface area contributed by atoms with Gasteiger partial charge in [0.1, 0.15) is 9.87 Å². The molecule has 10 heteroatoms. The van der Waals surface area contributed by atoms with Gasteiger partial charge in [0.2, 0.25) is 17.4 Å². The predicted octanol–water partition coefficient (Wildman–Crippen LogP) is 6.39. The predicted molar refractivity (Wildman–Crippen MR) is 154 cm³/mol. The number of carbonyl (C=O) groups excluding carboxylic acids is 1. The van der Waals surface area contributed by atoms with E-state index < -0.39 is 0 Å². The molecule has 1 aliphatic carbocycles. The maximum Gasteiger partial charge on any atom is 0.217 e. The molecule has 198 valence electrons. The van der Waals surface area contributed by atoms with Gasteiger partial charge in [-0.1, -0.05) is 98.7 Å². The van der Waals surface area contributed by atoms with Crippen LogP contribution in [-0.2, 0) is 6.42 Å². The maximum atomic E-state index is 13.1. The minimum absolute atomic E-state index is 0.0815. The molecule has 0 bridgehead atoms. The van der Waals surface area contributed by atoms with E-state index in [4.69, 9.17) is 10.1 Å². The fourth-order valence-electron chi connectivity index (χ4n) is 5.14. The van der Waals surface area contributed by atoms with Crippen LogP contribution in [0.3, 0.4) is 0 Å². The Balaban J connectivity index is 1.37. The maximum absolute atomic E-state index is 13.1. The van der Waals surface area contributed by atoms with Crippen molar-refractivity contribution < 1.29 is 4.79 Å². The van der Waals surface area contributed by atoms with Crippen molar-refractivity contribution in [1.29, 1.82) is 0 Å². The normalized spacial score (nSPS) is 15.0. The van der Waals surface area contributed by atoms with E-state index in [1.165, 1.54) is 19.3 Å². The number of pyridine rings is 1. The quantitative estimate of drug-likeness (QED) is 0.117. The van der Waals surface area contributed by atoms with Crippen LogP contribution in [0, 0.1) is 5.92 Å². The van der Waals surface area contributed by atoms with Crippen LogP contribution in [0.4, 0.5) is 0 Å². The van der Waals surface area contributed by atoms with Crippen LogP contribution in [0.2, 0.25) is 0 Å². The van der Waals surface area contributed by atoms with E-state index >= 15 is 0 Å². The van der Waals surface area contributed by atoms with Gasteiger partial charge in [-0.3, -0.25) is 9.78 Å². The second kappa shape index (κ2) is 12.7. The van der Waals surface area contributed by atoms with Crippen LogP contribution >= 0.6 is 22.6 Å². The van der Waals surface area contributed by atoms with Crippen molar-refractivity contribution in [3.63, 3.8) is 0 Å². The molecule has 0 aliphatic heterocycles. The van der Waals surface area contributed by atoms with Crippen LogP contribution in [0.15, 0.2) is 42.7 Å².